The van der Waals surface area contributed by atoms with Gasteiger partial charge in [-0.05, 0) is 60.4 Å². The molecule has 0 aliphatic carbocycles. The molecule has 4 aromatic rings. The van der Waals surface area contributed by atoms with Crippen molar-refractivity contribution in [2.45, 2.75) is 32.9 Å². The molecule has 0 fully saturated rings. The number of thiazole rings is 1. The SMILES string of the molecule is CCOc1cc(/C=c2\sc3n(c2=O)[C@@H](c2ccccc2)C(C(=O)OC)=C(CC)N=3)ccc1OCc1ccc([N+](=O)[O-])cc1. The summed E-state index contributed by atoms with van der Waals surface area (Å²) in [4.78, 5) is 42.5. The Morgan fingerprint density at radius 2 is 1.79 bits per heavy atom. The Labute approximate surface area is 251 Å². The third-order valence-corrected chi connectivity index (χ3v) is 7.86. The minimum Gasteiger partial charge on any atom is -0.490 e. The molecule has 0 saturated carbocycles. The van der Waals surface area contributed by atoms with Crippen LogP contribution in [0.25, 0.3) is 6.08 Å². The number of fused-ring (bicyclic) bond motifs is 1. The van der Waals surface area contributed by atoms with Crippen LogP contribution in [0.4, 0.5) is 5.69 Å². The van der Waals surface area contributed by atoms with Crippen molar-refractivity contribution in [3.05, 3.63) is 131 Å². The second-order valence-corrected chi connectivity index (χ2v) is 10.6. The predicted octanol–water partition coefficient (Wildman–Crippen LogP) is 4.68. The van der Waals surface area contributed by atoms with Crippen LogP contribution in [0.3, 0.4) is 0 Å². The molecule has 1 aromatic heterocycles. The van der Waals surface area contributed by atoms with Gasteiger partial charge in [0.25, 0.3) is 11.2 Å². The minimum atomic E-state index is -0.670. The van der Waals surface area contributed by atoms with Crippen molar-refractivity contribution >= 4 is 29.1 Å². The molecule has 5 rings (SSSR count). The summed E-state index contributed by atoms with van der Waals surface area (Å²) in [5.74, 6) is 0.474. The summed E-state index contributed by atoms with van der Waals surface area (Å²) in [6, 6.07) is 20.2. The van der Waals surface area contributed by atoms with Gasteiger partial charge in [0.2, 0.25) is 0 Å². The monoisotopic (exact) mass is 599 g/mol. The van der Waals surface area contributed by atoms with E-state index in [4.69, 9.17) is 19.2 Å². The molecule has 0 saturated heterocycles. The summed E-state index contributed by atoms with van der Waals surface area (Å²) < 4.78 is 18.9. The number of nitrogens with zero attached hydrogens (tertiary/aromatic N) is 3. The molecule has 0 amide bonds. The smallest absolute Gasteiger partial charge is 0.338 e. The van der Waals surface area contributed by atoms with E-state index in [0.717, 1.165) is 16.7 Å². The highest BCUT2D eigenvalue weighted by Gasteiger charge is 2.33. The summed E-state index contributed by atoms with van der Waals surface area (Å²) in [7, 11) is 1.32. The maximum atomic E-state index is 13.9. The summed E-state index contributed by atoms with van der Waals surface area (Å²) in [5.41, 5.74) is 2.94. The molecule has 1 aliphatic rings. The van der Waals surface area contributed by atoms with Crippen molar-refractivity contribution in [3.8, 4) is 11.5 Å². The number of benzene rings is 3. The number of methoxy groups -OCH3 is 1. The van der Waals surface area contributed by atoms with Crippen LogP contribution < -0.4 is 24.4 Å². The average Bonchev–Trinajstić information content (AvgIpc) is 3.34. The number of ether oxygens (including phenoxy) is 3. The van der Waals surface area contributed by atoms with Gasteiger partial charge < -0.3 is 14.2 Å². The molecule has 0 unspecified atom stereocenters. The lowest BCUT2D eigenvalue weighted by Gasteiger charge is -2.25. The van der Waals surface area contributed by atoms with Gasteiger partial charge in [0.15, 0.2) is 16.3 Å². The molecule has 0 bridgehead atoms. The Balaban J connectivity index is 1.52. The maximum absolute atomic E-state index is 13.9. The first-order valence-electron chi connectivity index (χ1n) is 13.7. The summed E-state index contributed by atoms with van der Waals surface area (Å²) in [5, 5.41) is 10.9. The number of aromatic nitrogens is 1. The third kappa shape index (κ3) is 6.12. The van der Waals surface area contributed by atoms with Gasteiger partial charge in [-0.25, -0.2) is 9.79 Å². The zero-order chi connectivity index (χ0) is 30.5. The fourth-order valence-corrected chi connectivity index (χ4v) is 5.86. The fourth-order valence-electron chi connectivity index (χ4n) is 4.84. The van der Waals surface area contributed by atoms with Crippen LogP contribution in [-0.2, 0) is 16.1 Å². The fraction of sp³-hybridized carbons (Fsp3) is 0.219. The van der Waals surface area contributed by atoms with E-state index >= 15 is 0 Å². The number of carbonyl (C=O) groups excluding carboxylic acids is 1. The number of allylic oxidation sites excluding steroid dienone is 1. The molecule has 0 spiro atoms. The van der Waals surface area contributed by atoms with Gasteiger partial charge in [0.1, 0.15) is 6.61 Å². The van der Waals surface area contributed by atoms with E-state index in [2.05, 4.69) is 0 Å². The topological polar surface area (TPSA) is 122 Å². The van der Waals surface area contributed by atoms with Gasteiger partial charge in [0, 0.05) is 12.1 Å². The Morgan fingerprint density at radius 1 is 1.05 bits per heavy atom. The van der Waals surface area contributed by atoms with Gasteiger partial charge in [-0.3, -0.25) is 19.5 Å². The van der Waals surface area contributed by atoms with Crippen molar-refractivity contribution in [2.24, 2.45) is 4.99 Å². The first kappa shape index (κ1) is 29.5. The van der Waals surface area contributed by atoms with Crippen molar-refractivity contribution < 1.29 is 23.9 Å². The summed E-state index contributed by atoms with van der Waals surface area (Å²) in [6.07, 6.45) is 2.26. The van der Waals surface area contributed by atoms with Gasteiger partial charge in [0.05, 0.1) is 40.5 Å². The lowest BCUT2D eigenvalue weighted by Crippen LogP contribution is -2.40. The Bertz CT molecular complexity index is 1880. The Kier molecular flexibility index (Phi) is 8.82. The van der Waals surface area contributed by atoms with E-state index in [0.29, 0.717) is 45.1 Å². The van der Waals surface area contributed by atoms with Crippen LogP contribution in [0.5, 0.6) is 11.5 Å². The van der Waals surface area contributed by atoms with Gasteiger partial charge in [-0.2, -0.15) is 0 Å². The number of carbonyl (C=O) groups is 1. The molecule has 1 aliphatic heterocycles. The van der Waals surface area contributed by atoms with Crippen LogP contribution in [0.15, 0.2) is 93.9 Å². The molecule has 3 aromatic carbocycles. The largest absolute Gasteiger partial charge is 0.490 e. The van der Waals surface area contributed by atoms with Gasteiger partial charge in [-0.15, -0.1) is 0 Å². The molecule has 0 radical (unpaired) electrons. The molecular weight excluding hydrogens is 570 g/mol. The van der Waals surface area contributed by atoms with Gasteiger partial charge in [-0.1, -0.05) is 54.7 Å². The van der Waals surface area contributed by atoms with Crippen LogP contribution in [0.2, 0.25) is 0 Å². The third-order valence-electron chi connectivity index (χ3n) is 6.87. The standard InChI is InChI=1S/C32H29N3O7S/c1-4-24-28(31(37)40-3)29(22-9-7-6-8-10-22)34-30(36)27(43-32(34)33-24)18-21-13-16-25(26(17-21)41-5-2)42-19-20-11-14-23(15-12-20)35(38)39/h6-18,29H,4-5,19H2,1-3H3/b27-18-/t29-/m0/s1. The first-order valence-corrected chi connectivity index (χ1v) is 14.5. The van der Waals surface area contributed by atoms with Crippen LogP contribution in [-0.4, -0.2) is 29.2 Å². The number of hydrogen-bond acceptors (Lipinski definition) is 9. The number of nitro benzene ring substituents is 1. The molecule has 2 heterocycles. The minimum absolute atomic E-state index is 0.0101. The Hall–Kier alpha value is -5.03. The molecule has 10 nitrogen and oxygen atoms in total. The van der Waals surface area contributed by atoms with Gasteiger partial charge >= 0.3 is 5.97 Å². The normalized spacial score (nSPS) is 14.6. The highest BCUT2D eigenvalue weighted by Crippen LogP contribution is 2.32. The number of rotatable bonds is 10. The number of nitro groups is 1. The van der Waals surface area contributed by atoms with Crippen molar-refractivity contribution in [1.29, 1.82) is 0 Å². The first-order chi connectivity index (χ1) is 20.8. The van der Waals surface area contributed by atoms with E-state index in [1.165, 1.54) is 30.6 Å². The lowest BCUT2D eigenvalue weighted by atomic mass is 9.95. The van der Waals surface area contributed by atoms with E-state index in [1.54, 1.807) is 34.9 Å². The van der Waals surface area contributed by atoms with E-state index in [9.17, 15) is 19.7 Å². The number of esters is 1. The molecule has 43 heavy (non-hydrogen) atoms. The molecule has 11 heteroatoms. The highest BCUT2D eigenvalue weighted by atomic mass is 32.1. The zero-order valence-corrected chi connectivity index (χ0v) is 24.6. The Morgan fingerprint density at radius 3 is 2.44 bits per heavy atom. The van der Waals surface area contributed by atoms with Crippen LogP contribution in [0.1, 0.15) is 43.0 Å². The number of non-ortho nitro benzene ring substituents is 1. The van der Waals surface area contributed by atoms with E-state index in [1.807, 2.05) is 50.2 Å². The highest BCUT2D eigenvalue weighted by molar-refractivity contribution is 7.07. The second-order valence-electron chi connectivity index (χ2n) is 9.55. The molecular formula is C32H29N3O7S. The maximum Gasteiger partial charge on any atom is 0.338 e. The summed E-state index contributed by atoms with van der Waals surface area (Å²) >= 11 is 1.25. The van der Waals surface area contributed by atoms with Crippen LogP contribution in [0, 0.1) is 10.1 Å². The van der Waals surface area contributed by atoms with Crippen molar-refractivity contribution in [3.63, 3.8) is 0 Å². The van der Waals surface area contributed by atoms with Crippen molar-refractivity contribution in [1.82, 2.24) is 4.57 Å². The van der Waals surface area contributed by atoms with Crippen LogP contribution >= 0.6 is 11.3 Å². The second kappa shape index (κ2) is 12.9. The molecule has 220 valence electrons. The molecule has 0 N–H and O–H groups in total. The average molecular weight is 600 g/mol. The van der Waals surface area contributed by atoms with E-state index < -0.39 is 16.9 Å². The molecule has 1 atom stereocenters. The predicted molar refractivity (Wildman–Crippen MR) is 162 cm³/mol. The van der Waals surface area contributed by atoms with Crippen molar-refractivity contribution in [2.75, 3.05) is 13.7 Å². The zero-order valence-electron chi connectivity index (χ0n) is 23.8. The number of hydrogen-bond donors (Lipinski definition) is 0. The van der Waals surface area contributed by atoms with E-state index in [-0.39, 0.29) is 17.9 Å². The summed E-state index contributed by atoms with van der Waals surface area (Å²) in [6.45, 7) is 4.36. The quantitative estimate of drug-likeness (QED) is 0.147. The lowest BCUT2D eigenvalue weighted by molar-refractivity contribution is -0.384.